The second-order valence-electron chi connectivity index (χ2n) is 5.08. The number of benzene rings is 1. The number of carbonyl (C=O) groups is 1. The third-order valence-corrected chi connectivity index (χ3v) is 3.47. The molecule has 110 valence electrons. The predicted molar refractivity (Wildman–Crippen MR) is 75.3 cm³/mol. The van der Waals surface area contributed by atoms with Crippen molar-refractivity contribution in [1.29, 1.82) is 0 Å². The van der Waals surface area contributed by atoms with Crippen LogP contribution in [-0.4, -0.2) is 20.8 Å². The van der Waals surface area contributed by atoms with Crippen LogP contribution in [0.2, 0.25) is 0 Å². The number of hydrogen-bond acceptors (Lipinski definition) is 3. The van der Waals surface area contributed by atoms with Gasteiger partial charge >= 0.3 is 6.03 Å². The van der Waals surface area contributed by atoms with E-state index in [1.807, 2.05) is 4.57 Å². The predicted octanol–water partition coefficient (Wildman–Crippen LogP) is 1.99. The van der Waals surface area contributed by atoms with Gasteiger partial charge in [0.25, 0.3) is 0 Å². The Hall–Kier alpha value is -2.44. The Morgan fingerprint density at radius 2 is 2.29 bits per heavy atom. The summed E-state index contributed by atoms with van der Waals surface area (Å²) in [7, 11) is 0. The maximum absolute atomic E-state index is 13.6. The topological polar surface area (TPSA) is 71.8 Å². The minimum Gasteiger partial charge on any atom is -0.331 e. The number of amides is 2. The van der Waals surface area contributed by atoms with Crippen LogP contribution in [0.15, 0.2) is 18.2 Å². The fourth-order valence-corrected chi connectivity index (χ4v) is 2.39. The molecule has 0 saturated heterocycles. The van der Waals surface area contributed by atoms with Crippen molar-refractivity contribution in [3.05, 3.63) is 41.2 Å². The second-order valence-corrected chi connectivity index (χ2v) is 5.08. The number of carbonyl (C=O) groups excluding carboxylic acids is 1. The molecule has 0 fully saturated rings. The summed E-state index contributed by atoms with van der Waals surface area (Å²) >= 11 is 0. The molecule has 3 rings (SSSR count). The van der Waals surface area contributed by atoms with Crippen molar-refractivity contribution in [3.63, 3.8) is 0 Å². The van der Waals surface area contributed by atoms with E-state index in [-0.39, 0.29) is 12.2 Å². The van der Waals surface area contributed by atoms with Gasteiger partial charge in [0.05, 0.1) is 12.2 Å². The highest BCUT2D eigenvalue weighted by molar-refractivity contribution is 5.89. The van der Waals surface area contributed by atoms with Crippen LogP contribution in [-0.2, 0) is 19.5 Å². The standard InChI is InChI=1S/C14H16FN5O/c1-9-4-5-11(10(15)7-9)17-14(21)16-8-13-19-18-12-3-2-6-20(12)13/h4-5,7H,2-3,6,8H2,1H3,(H2,16,17,21). The SMILES string of the molecule is Cc1ccc(NC(=O)NCc2nnc3n2CCC3)c(F)c1. The van der Waals surface area contributed by atoms with Crippen molar-refractivity contribution in [2.24, 2.45) is 0 Å². The molecule has 2 amide bonds. The first-order valence-corrected chi connectivity index (χ1v) is 6.85. The zero-order valence-corrected chi connectivity index (χ0v) is 11.7. The molecule has 2 N–H and O–H groups in total. The summed E-state index contributed by atoms with van der Waals surface area (Å²) in [6.45, 7) is 2.94. The van der Waals surface area contributed by atoms with Gasteiger partial charge in [0.1, 0.15) is 11.6 Å². The van der Waals surface area contributed by atoms with E-state index in [9.17, 15) is 9.18 Å². The average Bonchev–Trinajstić information content (AvgIpc) is 3.03. The van der Waals surface area contributed by atoms with Gasteiger partial charge in [0, 0.05) is 13.0 Å². The largest absolute Gasteiger partial charge is 0.331 e. The molecule has 1 aromatic heterocycles. The van der Waals surface area contributed by atoms with E-state index < -0.39 is 11.8 Å². The number of rotatable bonds is 3. The van der Waals surface area contributed by atoms with E-state index in [1.165, 1.54) is 6.07 Å². The van der Waals surface area contributed by atoms with Crippen LogP contribution in [0.1, 0.15) is 23.6 Å². The molecule has 2 heterocycles. The lowest BCUT2D eigenvalue weighted by Gasteiger charge is -2.09. The lowest BCUT2D eigenvalue weighted by molar-refractivity contribution is 0.251. The van der Waals surface area contributed by atoms with E-state index in [4.69, 9.17) is 0 Å². The number of anilines is 1. The summed E-state index contributed by atoms with van der Waals surface area (Å²) < 4.78 is 15.6. The number of aromatic nitrogens is 3. The maximum atomic E-state index is 13.6. The number of nitrogens with one attached hydrogen (secondary N) is 2. The number of hydrogen-bond donors (Lipinski definition) is 2. The fraction of sp³-hybridized carbons (Fsp3) is 0.357. The third kappa shape index (κ3) is 2.86. The Bertz CT molecular complexity index is 682. The monoisotopic (exact) mass is 289 g/mol. The molecule has 0 unspecified atom stereocenters. The lowest BCUT2D eigenvalue weighted by Crippen LogP contribution is -2.29. The highest BCUT2D eigenvalue weighted by Crippen LogP contribution is 2.15. The molecule has 21 heavy (non-hydrogen) atoms. The molecule has 0 radical (unpaired) electrons. The summed E-state index contributed by atoms with van der Waals surface area (Å²) in [4.78, 5) is 11.8. The molecule has 0 spiro atoms. The first-order valence-electron chi connectivity index (χ1n) is 6.85. The Morgan fingerprint density at radius 1 is 1.43 bits per heavy atom. The summed E-state index contributed by atoms with van der Waals surface area (Å²) in [5, 5.41) is 13.3. The van der Waals surface area contributed by atoms with E-state index in [2.05, 4.69) is 20.8 Å². The van der Waals surface area contributed by atoms with Crippen LogP contribution in [0.4, 0.5) is 14.9 Å². The maximum Gasteiger partial charge on any atom is 0.319 e. The number of urea groups is 1. The summed E-state index contributed by atoms with van der Waals surface area (Å²) in [6.07, 6.45) is 1.98. The Balaban J connectivity index is 1.59. The molecule has 0 saturated carbocycles. The van der Waals surface area contributed by atoms with E-state index in [0.29, 0.717) is 0 Å². The Morgan fingerprint density at radius 3 is 3.10 bits per heavy atom. The normalized spacial score (nSPS) is 13.0. The molecule has 6 nitrogen and oxygen atoms in total. The van der Waals surface area contributed by atoms with Crippen molar-refractivity contribution >= 4 is 11.7 Å². The highest BCUT2D eigenvalue weighted by Gasteiger charge is 2.17. The van der Waals surface area contributed by atoms with Crippen molar-refractivity contribution in [1.82, 2.24) is 20.1 Å². The molecule has 1 aliphatic heterocycles. The van der Waals surface area contributed by atoms with Crippen LogP contribution in [0.25, 0.3) is 0 Å². The van der Waals surface area contributed by atoms with Crippen molar-refractivity contribution < 1.29 is 9.18 Å². The fourth-order valence-electron chi connectivity index (χ4n) is 2.39. The smallest absolute Gasteiger partial charge is 0.319 e. The van der Waals surface area contributed by atoms with Gasteiger partial charge < -0.3 is 15.2 Å². The lowest BCUT2D eigenvalue weighted by atomic mass is 10.2. The van der Waals surface area contributed by atoms with Crippen LogP contribution in [0.5, 0.6) is 0 Å². The van der Waals surface area contributed by atoms with Gasteiger partial charge in [-0.1, -0.05) is 6.07 Å². The summed E-state index contributed by atoms with van der Waals surface area (Å²) in [5.74, 6) is 1.23. The Labute approximate surface area is 121 Å². The molecule has 7 heteroatoms. The highest BCUT2D eigenvalue weighted by atomic mass is 19.1. The van der Waals surface area contributed by atoms with E-state index in [0.717, 1.165) is 36.6 Å². The van der Waals surface area contributed by atoms with Crippen LogP contribution >= 0.6 is 0 Å². The zero-order chi connectivity index (χ0) is 14.8. The van der Waals surface area contributed by atoms with E-state index in [1.54, 1.807) is 19.1 Å². The van der Waals surface area contributed by atoms with Gasteiger partial charge in [-0.05, 0) is 31.0 Å². The van der Waals surface area contributed by atoms with Gasteiger partial charge in [-0.3, -0.25) is 0 Å². The molecule has 2 aromatic rings. The van der Waals surface area contributed by atoms with E-state index >= 15 is 0 Å². The minimum atomic E-state index is -0.465. The van der Waals surface area contributed by atoms with Gasteiger partial charge in [0.2, 0.25) is 0 Å². The first kappa shape index (κ1) is 13.5. The van der Waals surface area contributed by atoms with Crippen molar-refractivity contribution in [2.45, 2.75) is 32.9 Å². The van der Waals surface area contributed by atoms with Gasteiger partial charge in [-0.15, -0.1) is 10.2 Å². The number of aryl methyl sites for hydroxylation is 2. The minimum absolute atomic E-state index is 0.157. The molecule has 1 aliphatic rings. The quantitative estimate of drug-likeness (QED) is 0.907. The van der Waals surface area contributed by atoms with Crippen molar-refractivity contribution in [2.75, 3.05) is 5.32 Å². The number of nitrogens with zero attached hydrogens (tertiary/aromatic N) is 3. The van der Waals surface area contributed by atoms with Gasteiger partial charge in [-0.25, -0.2) is 9.18 Å². The van der Waals surface area contributed by atoms with Gasteiger partial charge in [-0.2, -0.15) is 0 Å². The number of fused-ring (bicyclic) bond motifs is 1. The zero-order valence-electron chi connectivity index (χ0n) is 11.7. The van der Waals surface area contributed by atoms with Crippen LogP contribution < -0.4 is 10.6 Å². The first-order chi connectivity index (χ1) is 10.1. The molecule has 0 bridgehead atoms. The average molecular weight is 289 g/mol. The van der Waals surface area contributed by atoms with Crippen LogP contribution in [0.3, 0.4) is 0 Å². The molecule has 1 aromatic carbocycles. The van der Waals surface area contributed by atoms with Crippen molar-refractivity contribution in [3.8, 4) is 0 Å². The molecule has 0 atom stereocenters. The molecule has 0 aliphatic carbocycles. The summed E-state index contributed by atoms with van der Waals surface area (Å²) in [6, 6.07) is 4.19. The molecular formula is C14H16FN5O. The Kier molecular flexibility index (Phi) is 3.55. The van der Waals surface area contributed by atoms with Crippen LogP contribution in [0, 0.1) is 12.7 Å². The summed E-state index contributed by atoms with van der Waals surface area (Å²) in [5.41, 5.74) is 0.960. The second kappa shape index (κ2) is 5.51. The molecular weight excluding hydrogens is 273 g/mol. The number of halogens is 1. The van der Waals surface area contributed by atoms with Gasteiger partial charge in [0.15, 0.2) is 5.82 Å². The third-order valence-electron chi connectivity index (χ3n) is 3.47.